The van der Waals surface area contributed by atoms with Crippen LogP contribution in [-0.2, 0) is 39.6 Å². The zero-order chi connectivity index (χ0) is 18.9. The summed E-state index contributed by atoms with van der Waals surface area (Å²) < 4.78 is 50.3. The van der Waals surface area contributed by atoms with Gasteiger partial charge in [0, 0.05) is 6.61 Å². The molecule has 0 amide bonds. The Morgan fingerprint density at radius 3 is 2.32 bits per heavy atom. The topological polar surface area (TPSA) is 96.0 Å². The third kappa shape index (κ3) is 6.82. The summed E-state index contributed by atoms with van der Waals surface area (Å²) >= 11 is 0. The number of rotatable bonds is 11. The van der Waals surface area contributed by atoms with Gasteiger partial charge in [-0.3, -0.25) is 8.98 Å². The van der Waals surface area contributed by atoms with Crippen LogP contribution in [0.2, 0.25) is 0 Å². The Morgan fingerprint density at radius 2 is 1.84 bits per heavy atom. The van der Waals surface area contributed by atoms with Crippen molar-refractivity contribution in [3.63, 3.8) is 0 Å². The maximum Gasteiger partial charge on any atom is 0.363 e. The van der Waals surface area contributed by atoms with E-state index in [4.69, 9.17) is 13.7 Å². The third-order valence-electron chi connectivity index (χ3n) is 3.48. The number of hydrogen-bond donors (Lipinski definition) is 0. The zero-order valence-electron chi connectivity index (χ0n) is 14.6. The van der Waals surface area contributed by atoms with Crippen LogP contribution in [0.1, 0.15) is 19.4 Å². The quantitative estimate of drug-likeness (QED) is 0.324. The fourth-order valence-corrected chi connectivity index (χ4v) is 3.55. The SMILES string of the molecule is CCOC(=O)C(Cc1ccccc1)C(COS(C)(=O)=O)(OCC)[PH+]=O. The van der Waals surface area contributed by atoms with E-state index in [1.807, 2.05) is 30.3 Å². The van der Waals surface area contributed by atoms with E-state index in [9.17, 15) is 17.8 Å². The van der Waals surface area contributed by atoms with E-state index in [0.717, 1.165) is 11.8 Å². The van der Waals surface area contributed by atoms with E-state index < -0.39 is 42.4 Å². The Kier molecular flexibility index (Phi) is 8.65. The molecule has 1 rings (SSSR count). The lowest BCUT2D eigenvalue weighted by Crippen LogP contribution is -2.46. The summed E-state index contributed by atoms with van der Waals surface area (Å²) in [7, 11) is -4.92. The summed E-state index contributed by atoms with van der Waals surface area (Å²) in [5.74, 6) is -1.59. The van der Waals surface area contributed by atoms with E-state index in [0.29, 0.717) is 0 Å². The van der Waals surface area contributed by atoms with Crippen molar-refractivity contribution in [3.8, 4) is 0 Å². The largest absolute Gasteiger partial charge is 0.466 e. The van der Waals surface area contributed by atoms with Crippen LogP contribution < -0.4 is 0 Å². The monoisotopic (exact) mass is 391 g/mol. The Balaban J connectivity index is 3.25. The van der Waals surface area contributed by atoms with Gasteiger partial charge in [0.15, 0.2) is 0 Å². The van der Waals surface area contributed by atoms with E-state index in [1.54, 1.807) is 13.8 Å². The summed E-state index contributed by atoms with van der Waals surface area (Å²) in [6.07, 6.45) is 1.07. The molecule has 0 aliphatic rings. The number of hydrogen-bond acceptors (Lipinski definition) is 7. The molecule has 9 heteroatoms. The van der Waals surface area contributed by atoms with Crippen LogP contribution in [0.3, 0.4) is 0 Å². The van der Waals surface area contributed by atoms with Crippen LogP contribution in [0.15, 0.2) is 30.3 Å². The van der Waals surface area contributed by atoms with Gasteiger partial charge >= 0.3 is 19.8 Å². The maximum absolute atomic E-state index is 12.5. The Bertz CT molecular complexity index is 662. The van der Waals surface area contributed by atoms with E-state index in [2.05, 4.69) is 0 Å². The molecule has 1 aromatic carbocycles. The van der Waals surface area contributed by atoms with Crippen molar-refractivity contribution in [2.75, 3.05) is 26.1 Å². The molecule has 0 aliphatic carbocycles. The van der Waals surface area contributed by atoms with Gasteiger partial charge in [0.05, 0.1) is 12.9 Å². The minimum absolute atomic E-state index is 0.132. The lowest BCUT2D eigenvalue weighted by molar-refractivity contribution is -0.157. The molecule has 0 aliphatic heterocycles. The number of ether oxygens (including phenoxy) is 2. The molecule has 25 heavy (non-hydrogen) atoms. The van der Waals surface area contributed by atoms with Gasteiger partial charge in [-0.2, -0.15) is 8.42 Å². The van der Waals surface area contributed by atoms with E-state index in [1.165, 1.54) is 0 Å². The summed E-state index contributed by atoms with van der Waals surface area (Å²) in [5, 5.41) is -1.61. The second kappa shape index (κ2) is 9.97. The highest BCUT2D eigenvalue weighted by Crippen LogP contribution is 2.37. The van der Waals surface area contributed by atoms with Crippen LogP contribution in [0, 0.1) is 5.92 Å². The van der Waals surface area contributed by atoms with Crippen LogP contribution in [-0.4, -0.2) is 45.8 Å². The summed E-state index contributed by atoms with van der Waals surface area (Å²) in [4.78, 5) is 12.5. The first-order chi connectivity index (χ1) is 11.8. The Morgan fingerprint density at radius 1 is 1.20 bits per heavy atom. The van der Waals surface area contributed by atoms with E-state index >= 15 is 0 Å². The van der Waals surface area contributed by atoms with Crippen molar-refractivity contribution < 1.29 is 31.4 Å². The molecule has 0 spiro atoms. The van der Waals surface area contributed by atoms with Crippen molar-refractivity contribution in [1.29, 1.82) is 0 Å². The molecule has 3 unspecified atom stereocenters. The maximum atomic E-state index is 12.5. The van der Waals surface area contributed by atoms with Crippen LogP contribution >= 0.6 is 8.46 Å². The molecule has 1 aromatic rings. The predicted molar refractivity (Wildman–Crippen MR) is 94.4 cm³/mol. The summed E-state index contributed by atoms with van der Waals surface area (Å²) in [6.45, 7) is 3.07. The first kappa shape index (κ1) is 21.7. The second-order valence-electron chi connectivity index (χ2n) is 5.39. The van der Waals surface area contributed by atoms with Crippen LogP contribution in [0.5, 0.6) is 0 Å². The van der Waals surface area contributed by atoms with Crippen LogP contribution in [0.25, 0.3) is 0 Å². The molecule has 0 heterocycles. The molecule has 0 bridgehead atoms. The zero-order valence-corrected chi connectivity index (χ0v) is 16.4. The van der Waals surface area contributed by atoms with Gasteiger partial charge in [0.25, 0.3) is 10.1 Å². The first-order valence-corrected chi connectivity index (χ1v) is 10.6. The van der Waals surface area contributed by atoms with Gasteiger partial charge in [-0.05, 0) is 25.8 Å². The van der Waals surface area contributed by atoms with Gasteiger partial charge in [-0.1, -0.05) is 34.9 Å². The highest BCUT2D eigenvalue weighted by Gasteiger charge is 2.54. The van der Waals surface area contributed by atoms with Gasteiger partial charge < -0.3 is 9.47 Å². The number of benzene rings is 1. The minimum Gasteiger partial charge on any atom is -0.466 e. The fourth-order valence-electron chi connectivity index (χ4n) is 2.36. The molecule has 0 fully saturated rings. The van der Waals surface area contributed by atoms with Gasteiger partial charge in [0.2, 0.25) is 0 Å². The molecule has 0 aromatic heterocycles. The van der Waals surface area contributed by atoms with Crippen molar-refractivity contribution in [2.24, 2.45) is 5.92 Å². The Labute approximate surface area is 150 Å². The highest BCUT2D eigenvalue weighted by molar-refractivity contribution is 7.86. The molecule has 0 radical (unpaired) electrons. The molecular formula is C16H24O7PS+. The molecule has 140 valence electrons. The van der Waals surface area contributed by atoms with Crippen molar-refractivity contribution in [1.82, 2.24) is 0 Å². The highest BCUT2D eigenvalue weighted by atomic mass is 32.2. The Hall–Kier alpha value is -1.34. The lowest BCUT2D eigenvalue weighted by atomic mass is 9.93. The average molecular weight is 391 g/mol. The smallest absolute Gasteiger partial charge is 0.363 e. The molecule has 7 nitrogen and oxygen atoms in total. The van der Waals surface area contributed by atoms with Gasteiger partial charge in [-0.25, -0.2) is 0 Å². The number of carbonyl (C=O) groups excluding carboxylic acids is 1. The molecular weight excluding hydrogens is 367 g/mol. The molecule has 0 saturated carbocycles. The average Bonchev–Trinajstić information content (AvgIpc) is 2.57. The van der Waals surface area contributed by atoms with E-state index in [-0.39, 0.29) is 19.6 Å². The number of carbonyl (C=O) groups is 1. The second-order valence-corrected chi connectivity index (χ2v) is 8.08. The minimum atomic E-state index is -3.80. The summed E-state index contributed by atoms with van der Waals surface area (Å²) in [5.41, 5.74) is 0.808. The normalized spacial score (nSPS) is 15.5. The van der Waals surface area contributed by atoms with Crippen molar-refractivity contribution >= 4 is 24.5 Å². The molecule has 0 saturated heterocycles. The third-order valence-corrected chi connectivity index (χ3v) is 5.01. The first-order valence-electron chi connectivity index (χ1n) is 7.86. The van der Waals surface area contributed by atoms with Crippen molar-refractivity contribution in [3.05, 3.63) is 35.9 Å². The fraction of sp³-hybridized carbons (Fsp3) is 0.562. The standard InChI is InChI=1S/C16H23O7PS/c1-4-21-15(17)14(11-13-9-7-6-8-10-13)16(24-18,22-5-2)12-23-25(3,19)20/h6-10,14H,4-5,11-12H2,1-3H3/p+1. The van der Waals surface area contributed by atoms with Crippen LogP contribution in [0.4, 0.5) is 0 Å². The number of esters is 1. The molecule has 0 N–H and O–H groups in total. The van der Waals surface area contributed by atoms with Crippen molar-refractivity contribution in [2.45, 2.75) is 25.6 Å². The lowest BCUT2D eigenvalue weighted by Gasteiger charge is -2.27. The predicted octanol–water partition coefficient (Wildman–Crippen LogP) is 2.14. The molecule has 3 atom stereocenters. The van der Waals surface area contributed by atoms with Gasteiger partial charge in [-0.15, -0.1) is 0 Å². The summed E-state index contributed by atoms with van der Waals surface area (Å²) in [6, 6.07) is 9.09. The van der Waals surface area contributed by atoms with Gasteiger partial charge in [0.1, 0.15) is 12.5 Å².